The number of carbonyl (C=O) groups excluding carboxylic acids is 1. The Morgan fingerprint density at radius 3 is 2.66 bits per heavy atom. The highest BCUT2D eigenvalue weighted by atomic mass is 31.2. The van der Waals surface area contributed by atoms with Gasteiger partial charge in [0.05, 0.1) is 20.0 Å². The molecule has 4 N–H and O–H groups in total. The number of esters is 1. The predicted octanol–water partition coefficient (Wildman–Crippen LogP) is 4.09. The molecule has 1 fully saturated rings. The molecule has 0 saturated carbocycles. The molecule has 0 aliphatic carbocycles. The van der Waals surface area contributed by atoms with Crippen molar-refractivity contribution in [2.24, 2.45) is 0 Å². The van der Waals surface area contributed by atoms with E-state index in [0.717, 1.165) is 10.9 Å². The SMILES string of the molecule is COc1nc(N)nc2c1ncn2[C@@H]1O[C@H](COP(=O)(N[C@@H](C)C(=O)OCc2ccccc2)Oc2cccc3ccccc23)[C@@H](O)[C@H]1F. The quantitative estimate of drug-likeness (QED) is 0.128. The van der Waals surface area contributed by atoms with E-state index >= 15 is 4.39 Å². The molecular weight excluding hydrogens is 634 g/mol. The van der Waals surface area contributed by atoms with E-state index in [-0.39, 0.29) is 35.3 Å². The third kappa shape index (κ3) is 6.89. The Balaban J connectivity index is 1.22. The van der Waals surface area contributed by atoms with Gasteiger partial charge in [0.15, 0.2) is 23.6 Å². The molecule has 5 aromatic rings. The summed E-state index contributed by atoms with van der Waals surface area (Å²) in [5, 5.41) is 14.9. The molecule has 1 saturated heterocycles. The summed E-state index contributed by atoms with van der Waals surface area (Å²) in [6, 6.07) is 20.3. The number of nitrogen functional groups attached to an aromatic ring is 1. The molecule has 16 heteroatoms. The van der Waals surface area contributed by atoms with Crippen molar-refractivity contribution in [3.05, 3.63) is 84.7 Å². The van der Waals surface area contributed by atoms with Crippen LogP contribution in [0.25, 0.3) is 21.9 Å². The van der Waals surface area contributed by atoms with Gasteiger partial charge in [0.25, 0.3) is 0 Å². The Kier molecular flexibility index (Phi) is 9.34. The fraction of sp³-hybridized carbons (Fsp3) is 0.290. The van der Waals surface area contributed by atoms with Crippen LogP contribution in [0.1, 0.15) is 18.7 Å². The average molecular weight is 667 g/mol. The number of nitrogens with two attached hydrogens (primary N) is 1. The van der Waals surface area contributed by atoms with Gasteiger partial charge in [0.1, 0.15) is 30.6 Å². The third-order valence-corrected chi connectivity index (χ3v) is 9.10. The zero-order valence-corrected chi connectivity index (χ0v) is 26.2. The number of carbonyl (C=O) groups is 1. The molecule has 0 spiro atoms. The first-order valence-electron chi connectivity index (χ1n) is 14.6. The van der Waals surface area contributed by atoms with Crippen molar-refractivity contribution in [2.75, 3.05) is 19.5 Å². The van der Waals surface area contributed by atoms with Gasteiger partial charge in [-0.1, -0.05) is 66.7 Å². The van der Waals surface area contributed by atoms with E-state index in [2.05, 4.69) is 20.0 Å². The number of fused-ring (bicyclic) bond motifs is 2. The predicted molar refractivity (Wildman–Crippen MR) is 168 cm³/mol. The molecule has 3 aromatic carbocycles. The molecule has 2 aromatic heterocycles. The van der Waals surface area contributed by atoms with Crippen LogP contribution in [0.3, 0.4) is 0 Å². The van der Waals surface area contributed by atoms with Crippen LogP contribution in [0, 0.1) is 0 Å². The van der Waals surface area contributed by atoms with E-state index in [4.69, 9.17) is 29.0 Å². The number of nitrogens with one attached hydrogen (secondary N) is 1. The van der Waals surface area contributed by atoms with Crippen molar-refractivity contribution in [3.8, 4) is 11.6 Å². The van der Waals surface area contributed by atoms with Crippen LogP contribution >= 0.6 is 7.75 Å². The number of aliphatic hydroxyl groups is 1. The number of alkyl halides is 1. The molecule has 0 amide bonds. The summed E-state index contributed by atoms with van der Waals surface area (Å²) in [6.07, 6.45) is -5.15. The van der Waals surface area contributed by atoms with Crippen LogP contribution in [0.2, 0.25) is 0 Å². The van der Waals surface area contributed by atoms with Crippen molar-refractivity contribution in [3.63, 3.8) is 0 Å². The summed E-state index contributed by atoms with van der Waals surface area (Å²) in [5.41, 5.74) is 6.87. The first-order valence-corrected chi connectivity index (χ1v) is 16.1. The number of hydrogen-bond donors (Lipinski definition) is 3. The van der Waals surface area contributed by atoms with Gasteiger partial charge < -0.3 is 29.6 Å². The maximum atomic E-state index is 15.5. The van der Waals surface area contributed by atoms with Gasteiger partial charge in [0.2, 0.25) is 11.8 Å². The summed E-state index contributed by atoms with van der Waals surface area (Å²) in [7, 11) is -3.05. The number of methoxy groups -OCH3 is 1. The molecule has 1 aliphatic rings. The van der Waals surface area contributed by atoms with E-state index in [0.29, 0.717) is 5.39 Å². The lowest BCUT2D eigenvalue weighted by molar-refractivity contribution is -0.146. The first-order chi connectivity index (χ1) is 22.7. The van der Waals surface area contributed by atoms with Crippen LogP contribution < -0.4 is 20.1 Å². The number of anilines is 1. The van der Waals surface area contributed by atoms with Gasteiger partial charge in [-0.15, -0.1) is 0 Å². The van der Waals surface area contributed by atoms with E-state index in [9.17, 15) is 14.5 Å². The zero-order chi connectivity index (χ0) is 33.1. The number of hydrogen-bond acceptors (Lipinski definition) is 12. The van der Waals surface area contributed by atoms with E-state index < -0.39 is 51.0 Å². The second kappa shape index (κ2) is 13.6. The number of halogens is 1. The Bertz CT molecular complexity index is 1930. The standard InChI is InChI=1S/C31H32FN6O8P/c1-18(30(40)43-15-19-9-4-3-5-10-19)37-47(41,46-22-14-8-12-20-11-6-7-13-21(20)22)44-16-23-26(39)24(32)29(45-23)38-17-34-25-27(38)35-31(33)36-28(25)42-2/h3-14,17-18,23-24,26,29,39H,15-16H2,1-2H3,(H,37,41)(H2,33,35,36)/t18-,23+,24+,26+,29+,47?/m0/s1. The lowest BCUT2D eigenvalue weighted by Gasteiger charge is -2.25. The van der Waals surface area contributed by atoms with Gasteiger partial charge in [-0.2, -0.15) is 15.1 Å². The number of nitrogens with zero attached hydrogens (tertiary/aromatic N) is 4. The van der Waals surface area contributed by atoms with Gasteiger partial charge >= 0.3 is 13.7 Å². The Labute approximate surface area is 268 Å². The normalized spacial score (nSPS) is 21.4. The number of benzene rings is 3. The van der Waals surface area contributed by atoms with Gasteiger partial charge in [0, 0.05) is 5.39 Å². The molecule has 246 valence electrons. The topological polar surface area (TPSA) is 182 Å². The minimum Gasteiger partial charge on any atom is -0.479 e. The highest BCUT2D eigenvalue weighted by Crippen LogP contribution is 2.48. The van der Waals surface area contributed by atoms with Crippen molar-refractivity contribution in [1.82, 2.24) is 24.6 Å². The summed E-state index contributed by atoms with van der Waals surface area (Å²) in [6.45, 7) is 0.843. The second-order valence-corrected chi connectivity index (χ2v) is 12.4. The lowest BCUT2D eigenvalue weighted by atomic mass is 10.1. The molecule has 1 unspecified atom stereocenters. The average Bonchev–Trinajstić information content (AvgIpc) is 3.62. The maximum absolute atomic E-state index is 15.5. The Hall–Kier alpha value is -4.66. The van der Waals surface area contributed by atoms with Crippen molar-refractivity contribution >= 4 is 41.6 Å². The smallest absolute Gasteiger partial charge is 0.459 e. The third-order valence-electron chi connectivity index (χ3n) is 7.47. The van der Waals surface area contributed by atoms with E-state index in [1.165, 1.54) is 24.9 Å². The monoisotopic (exact) mass is 666 g/mol. The number of ether oxygens (including phenoxy) is 3. The summed E-state index contributed by atoms with van der Waals surface area (Å²) < 4.78 is 59.2. The molecule has 0 radical (unpaired) electrons. The molecule has 3 heterocycles. The molecule has 14 nitrogen and oxygen atoms in total. The fourth-order valence-corrected chi connectivity index (χ4v) is 6.63. The van der Waals surface area contributed by atoms with Crippen molar-refractivity contribution in [1.29, 1.82) is 0 Å². The molecule has 0 bridgehead atoms. The largest absolute Gasteiger partial charge is 0.479 e. The van der Waals surface area contributed by atoms with E-state index in [1.807, 2.05) is 36.4 Å². The number of aromatic nitrogens is 4. The molecule has 6 atom stereocenters. The number of aliphatic hydroxyl groups excluding tert-OH is 1. The molecular formula is C31H32FN6O8P. The highest BCUT2D eigenvalue weighted by molar-refractivity contribution is 7.52. The number of rotatable bonds is 12. The molecule has 1 aliphatic heterocycles. The summed E-state index contributed by atoms with van der Waals surface area (Å²) in [4.78, 5) is 25.2. The van der Waals surface area contributed by atoms with Crippen LogP contribution in [0.5, 0.6) is 11.6 Å². The van der Waals surface area contributed by atoms with Crippen molar-refractivity contribution in [2.45, 2.75) is 44.2 Å². The van der Waals surface area contributed by atoms with Crippen LogP contribution in [0.15, 0.2) is 79.1 Å². The summed E-state index contributed by atoms with van der Waals surface area (Å²) >= 11 is 0. The highest BCUT2D eigenvalue weighted by Gasteiger charge is 2.47. The van der Waals surface area contributed by atoms with Crippen LogP contribution in [0.4, 0.5) is 10.3 Å². The molecule has 6 rings (SSSR count). The molecule has 47 heavy (non-hydrogen) atoms. The van der Waals surface area contributed by atoms with Crippen LogP contribution in [-0.2, 0) is 30.0 Å². The fourth-order valence-electron chi connectivity index (χ4n) is 5.11. The lowest BCUT2D eigenvalue weighted by Crippen LogP contribution is -2.37. The Morgan fingerprint density at radius 1 is 1.13 bits per heavy atom. The van der Waals surface area contributed by atoms with Gasteiger partial charge in [-0.05, 0) is 23.9 Å². The Morgan fingerprint density at radius 2 is 1.87 bits per heavy atom. The maximum Gasteiger partial charge on any atom is 0.459 e. The minimum atomic E-state index is -4.42. The van der Waals surface area contributed by atoms with E-state index in [1.54, 1.807) is 36.4 Å². The number of imidazole rings is 1. The van der Waals surface area contributed by atoms with Crippen LogP contribution in [-0.4, -0.2) is 68.7 Å². The minimum absolute atomic E-state index is 0.00616. The zero-order valence-electron chi connectivity index (χ0n) is 25.3. The first kappa shape index (κ1) is 32.3. The summed E-state index contributed by atoms with van der Waals surface area (Å²) in [5.74, 6) is -0.578. The van der Waals surface area contributed by atoms with Crippen molar-refractivity contribution < 1.29 is 42.1 Å². The van der Waals surface area contributed by atoms with Gasteiger partial charge in [-0.25, -0.2) is 13.9 Å². The van der Waals surface area contributed by atoms with Gasteiger partial charge in [-0.3, -0.25) is 13.9 Å². The second-order valence-electron chi connectivity index (χ2n) is 10.7.